The highest BCUT2D eigenvalue weighted by atomic mass is 32.2. The van der Waals surface area contributed by atoms with Crippen molar-refractivity contribution in [3.63, 3.8) is 0 Å². The summed E-state index contributed by atoms with van der Waals surface area (Å²) in [6.45, 7) is 0. The number of halogens is 1. The second-order valence-electron chi connectivity index (χ2n) is 5.27. The summed E-state index contributed by atoms with van der Waals surface area (Å²) in [4.78, 5) is 12.7. The van der Waals surface area contributed by atoms with Gasteiger partial charge in [-0.2, -0.15) is 5.26 Å². The number of carbonyl (C=O) groups is 1. The van der Waals surface area contributed by atoms with Gasteiger partial charge in [0.2, 0.25) is 5.91 Å². The molecule has 1 saturated carbocycles. The van der Waals surface area contributed by atoms with Crippen molar-refractivity contribution in [1.82, 2.24) is 5.32 Å². The molecule has 0 saturated heterocycles. The van der Waals surface area contributed by atoms with Crippen LogP contribution in [0.5, 0.6) is 0 Å². The van der Waals surface area contributed by atoms with Crippen LogP contribution in [0.15, 0.2) is 23.1 Å². The summed E-state index contributed by atoms with van der Waals surface area (Å²) >= 11 is 1.25. The number of hydrogen-bond donors (Lipinski definition) is 2. The normalized spacial score (nSPS) is 17.0. The van der Waals surface area contributed by atoms with Crippen LogP contribution >= 0.6 is 11.8 Å². The molecule has 0 spiro atoms. The van der Waals surface area contributed by atoms with Crippen molar-refractivity contribution in [3.8, 4) is 6.07 Å². The third kappa shape index (κ3) is 4.11. The molecule has 112 valence electrons. The van der Waals surface area contributed by atoms with Gasteiger partial charge in [-0.25, -0.2) is 4.39 Å². The average Bonchev–Trinajstić information content (AvgIpc) is 2.47. The van der Waals surface area contributed by atoms with Gasteiger partial charge in [0.1, 0.15) is 11.4 Å². The molecule has 0 radical (unpaired) electrons. The van der Waals surface area contributed by atoms with Crippen LogP contribution in [0.4, 0.5) is 10.1 Å². The number of amides is 1. The van der Waals surface area contributed by atoms with E-state index in [1.165, 1.54) is 23.9 Å². The fraction of sp³-hybridized carbons (Fsp3) is 0.467. The zero-order chi connectivity index (χ0) is 15.3. The van der Waals surface area contributed by atoms with Crippen molar-refractivity contribution in [2.24, 2.45) is 0 Å². The van der Waals surface area contributed by atoms with E-state index < -0.39 is 11.4 Å². The number of nitrogens with zero attached hydrogens (tertiary/aromatic N) is 1. The fourth-order valence-electron chi connectivity index (χ4n) is 2.52. The first kappa shape index (κ1) is 15.6. The van der Waals surface area contributed by atoms with Crippen molar-refractivity contribution in [1.29, 1.82) is 5.26 Å². The molecule has 1 fully saturated rings. The SMILES string of the molecule is N#CC1(NC(=O)CSc2ccc(F)cc2N)CCCCC1. The van der Waals surface area contributed by atoms with Gasteiger partial charge in [-0.1, -0.05) is 19.3 Å². The lowest BCUT2D eigenvalue weighted by Gasteiger charge is -2.31. The molecular formula is C15H18FN3OS. The summed E-state index contributed by atoms with van der Waals surface area (Å²) in [5.41, 5.74) is 5.30. The molecule has 0 unspecified atom stereocenters. The summed E-state index contributed by atoms with van der Waals surface area (Å²) < 4.78 is 12.9. The van der Waals surface area contributed by atoms with Crippen molar-refractivity contribution in [2.75, 3.05) is 11.5 Å². The molecule has 6 heteroatoms. The second-order valence-corrected chi connectivity index (χ2v) is 6.29. The van der Waals surface area contributed by atoms with E-state index in [9.17, 15) is 14.4 Å². The van der Waals surface area contributed by atoms with E-state index >= 15 is 0 Å². The molecule has 0 aliphatic heterocycles. The molecule has 1 aromatic rings. The molecule has 0 bridgehead atoms. The van der Waals surface area contributed by atoms with Gasteiger partial charge in [-0.3, -0.25) is 4.79 Å². The Morgan fingerprint density at radius 1 is 1.43 bits per heavy atom. The summed E-state index contributed by atoms with van der Waals surface area (Å²) in [6, 6.07) is 6.36. The Hall–Kier alpha value is -1.74. The number of nitriles is 1. The maximum Gasteiger partial charge on any atom is 0.231 e. The number of nitrogens with two attached hydrogens (primary N) is 1. The Balaban J connectivity index is 1.91. The monoisotopic (exact) mass is 307 g/mol. The van der Waals surface area contributed by atoms with E-state index in [0.29, 0.717) is 23.4 Å². The Kier molecular flexibility index (Phi) is 5.07. The van der Waals surface area contributed by atoms with Gasteiger partial charge in [0.25, 0.3) is 0 Å². The maximum atomic E-state index is 12.9. The minimum Gasteiger partial charge on any atom is -0.398 e. The van der Waals surface area contributed by atoms with Crippen LogP contribution < -0.4 is 11.1 Å². The molecule has 1 aliphatic carbocycles. The van der Waals surface area contributed by atoms with Gasteiger partial charge >= 0.3 is 0 Å². The van der Waals surface area contributed by atoms with Crippen LogP contribution in [-0.4, -0.2) is 17.2 Å². The Morgan fingerprint density at radius 3 is 2.76 bits per heavy atom. The molecule has 2 rings (SSSR count). The number of thioether (sulfide) groups is 1. The van der Waals surface area contributed by atoms with Crippen LogP contribution in [-0.2, 0) is 4.79 Å². The first-order valence-corrected chi connectivity index (χ1v) is 7.93. The lowest BCUT2D eigenvalue weighted by Crippen LogP contribution is -2.49. The molecule has 0 aromatic heterocycles. The molecular weight excluding hydrogens is 289 g/mol. The van der Waals surface area contributed by atoms with E-state index in [2.05, 4.69) is 11.4 Å². The summed E-state index contributed by atoms with van der Waals surface area (Å²) in [6.07, 6.45) is 4.45. The molecule has 1 aliphatic rings. The first-order valence-electron chi connectivity index (χ1n) is 6.95. The average molecular weight is 307 g/mol. The first-order chi connectivity index (χ1) is 10.0. The quantitative estimate of drug-likeness (QED) is 0.662. The highest BCUT2D eigenvalue weighted by Gasteiger charge is 2.33. The van der Waals surface area contributed by atoms with E-state index in [1.54, 1.807) is 6.07 Å². The molecule has 1 aromatic carbocycles. The van der Waals surface area contributed by atoms with Gasteiger partial charge < -0.3 is 11.1 Å². The topological polar surface area (TPSA) is 78.9 Å². The lowest BCUT2D eigenvalue weighted by molar-refractivity contribution is -0.120. The molecule has 0 atom stereocenters. The summed E-state index contributed by atoms with van der Waals surface area (Å²) in [5.74, 6) is -0.418. The number of nitrogens with one attached hydrogen (secondary N) is 1. The minimum absolute atomic E-state index is 0.166. The highest BCUT2D eigenvalue weighted by Crippen LogP contribution is 2.29. The van der Waals surface area contributed by atoms with E-state index in [1.807, 2.05) is 0 Å². The van der Waals surface area contributed by atoms with Crippen molar-refractivity contribution >= 4 is 23.4 Å². The molecule has 1 amide bonds. The molecule has 4 nitrogen and oxygen atoms in total. The summed E-state index contributed by atoms with van der Waals surface area (Å²) in [5, 5.41) is 12.2. The van der Waals surface area contributed by atoms with Crippen LogP contribution in [0.1, 0.15) is 32.1 Å². The number of carbonyl (C=O) groups excluding carboxylic acids is 1. The smallest absolute Gasteiger partial charge is 0.231 e. The number of hydrogen-bond acceptors (Lipinski definition) is 4. The second kappa shape index (κ2) is 6.81. The van der Waals surface area contributed by atoms with Gasteiger partial charge in [0.05, 0.1) is 11.8 Å². The Bertz CT molecular complexity index is 565. The van der Waals surface area contributed by atoms with Gasteiger partial charge in [-0.05, 0) is 31.0 Å². The molecule has 21 heavy (non-hydrogen) atoms. The van der Waals surface area contributed by atoms with Crippen LogP contribution in [0, 0.1) is 17.1 Å². The van der Waals surface area contributed by atoms with Crippen molar-refractivity contribution in [2.45, 2.75) is 42.5 Å². The predicted molar refractivity (Wildman–Crippen MR) is 81.1 cm³/mol. The van der Waals surface area contributed by atoms with Gasteiger partial charge in [0.15, 0.2) is 0 Å². The highest BCUT2D eigenvalue weighted by molar-refractivity contribution is 8.00. The van der Waals surface area contributed by atoms with Crippen LogP contribution in [0.3, 0.4) is 0 Å². The standard InChI is InChI=1S/C15H18FN3OS/c16-11-4-5-13(12(18)8-11)21-9-14(20)19-15(10-17)6-2-1-3-7-15/h4-5,8H,1-3,6-7,9,18H2,(H,19,20). The number of anilines is 1. The van der Waals surface area contributed by atoms with Gasteiger partial charge in [0, 0.05) is 10.6 Å². The molecule has 0 heterocycles. The third-order valence-corrected chi connectivity index (χ3v) is 4.72. The summed E-state index contributed by atoms with van der Waals surface area (Å²) in [7, 11) is 0. The Labute approximate surface area is 127 Å². The number of benzene rings is 1. The van der Waals surface area contributed by atoms with E-state index in [4.69, 9.17) is 5.73 Å². The van der Waals surface area contributed by atoms with Crippen molar-refractivity contribution < 1.29 is 9.18 Å². The maximum absolute atomic E-state index is 12.9. The van der Waals surface area contributed by atoms with Crippen LogP contribution in [0.2, 0.25) is 0 Å². The minimum atomic E-state index is -0.718. The third-order valence-electron chi connectivity index (χ3n) is 3.63. The van der Waals surface area contributed by atoms with Gasteiger partial charge in [-0.15, -0.1) is 11.8 Å². The largest absolute Gasteiger partial charge is 0.398 e. The number of rotatable bonds is 4. The zero-order valence-electron chi connectivity index (χ0n) is 11.7. The number of nitrogen functional groups attached to an aromatic ring is 1. The zero-order valence-corrected chi connectivity index (χ0v) is 12.5. The van der Waals surface area contributed by atoms with Crippen molar-refractivity contribution in [3.05, 3.63) is 24.0 Å². The van der Waals surface area contributed by atoms with E-state index in [-0.39, 0.29) is 11.7 Å². The van der Waals surface area contributed by atoms with Crippen LogP contribution in [0.25, 0.3) is 0 Å². The van der Waals surface area contributed by atoms with E-state index in [0.717, 1.165) is 19.3 Å². The molecule has 3 N–H and O–H groups in total. The predicted octanol–water partition coefficient (Wildman–Crippen LogP) is 2.84. The fourth-order valence-corrected chi connectivity index (χ4v) is 3.27. The lowest BCUT2D eigenvalue weighted by atomic mass is 9.83. The Morgan fingerprint density at radius 2 is 2.14 bits per heavy atom.